The molecular weight excluding hydrogens is 260 g/mol. The first kappa shape index (κ1) is 14.7. The molecule has 0 saturated carbocycles. The maximum absolute atomic E-state index is 3.41. The number of likely N-dealkylation sites (tertiary alicyclic amines) is 1. The minimum Gasteiger partial charge on any atom is -0.302 e. The second kappa shape index (κ2) is 7.14. The first-order valence-electron chi connectivity index (χ1n) is 8.47. The number of nitrogens with one attached hydrogen (secondary N) is 2. The van der Waals surface area contributed by atoms with Crippen LogP contribution in [-0.2, 0) is 0 Å². The molecule has 2 N–H and O–H groups in total. The molecule has 0 aromatic heterocycles. The van der Waals surface area contributed by atoms with Crippen molar-refractivity contribution in [1.29, 1.82) is 0 Å². The van der Waals surface area contributed by atoms with Gasteiger partial charge in [0.25, 0.3) is 0 Å². The van der Waals surface area contributed by atoms with E-state index >= 15 is 0 Å². The predicted octanol–water partition coefficient (Wildman–Crippen LogP) is 3.56. The van der Waals surface area contributed by atoms with Crippen molar-refractivity contribution in [2.45, 2.75) is 39.0 Å². The van der Waals surface area contributed by atoms with E-state index in [0.717, 1.165) is 19.0 Å². The summed E-state index contributed by atoms with van der Waals surface area (Å²) in [7, 11) is 0. The number of fused-ring (bicyclic) bond motifs is 1. The summed E-state index contributed by atoms with van der Waals surface area (Å²) in [6, 6.07) is 8.36. The van der Waals surface area contributed by atoms with Gasteiger partial charge in [-0.1, -0.05) is 38.3 Å². The molecular formula is C17H28N4. The van der Waals surface area contributed by atoms with Crippen LogP contribution in [0.25, 0.3) is 0 Å². The van der Waals surface area contributed by atoms with Gasteiger partial charge in [-0.05, 0) is 44.0 Å². The Kier molecular flexibility index (Phi) is 4.99. The lowest BCUT2D eigenvalue weighted by Gasteiger charge is -2.32. The topological polar surface area (TPSA) is 30.5 Å². The molecule has 4 nitrogen and oxygen atoms in total. The zero-order chi connectivity index (χ0) is 14.5. The van der Waals surface area contributed by atoms with Crippen molar-refractivity contribution < 1.29 is 0 Å². The molecule has 0 aliphatic carbocycles. The average Bonchev–Trinajstić information content (AvgIpc) is 2.95. The minimum absolute atomic E-state index is 0.980. The van der Waals surface area contributed by atoms with Crippen LogP contribution in [0.2, 0.25) is 0 Å². The summed E-state index contributed by atoms with van der Waals surface area (Å²) in [6.45, 7) is 6.98. The van der Waals surface area contributed by atoms with Crippen LogP contribution in [0.3, 0.4) is 0 Å². The van der Waals surface area contributed by atoms with E-state index in [2.05, 4.69) is 52.1 Å². The van der Waals surface area contributed by atoms with Gasteiger partial charge in [-0.2, -0.15) is 0 Å². The Hall–Kier alpha value is -1.26. The molecule has 1 fully saturated rings. The molecule has 0 amide bonds. The molecule has 0 spiro atoms. The van der Waals surface area contributed by atoms with Gasteiger partial charge >= 0.3 is 0 Å². The summed E-state index contributed by atoms with van der Waals surface area (Å²) < 4.78 is 0. The van der Waals surface area contributed by atoms with Gasteiger partial charge in [0, 0.05) is 6.54 Å². The number of anilines is 2. The van der Waals surface area contributed by atoms with Crippen LogP contribution in [0.4, 0.5) is 11.4 Å². The molecule has 0 unspecified atom stereocenters. The van der Waals surface area contributed by atoms with Gasteiger partial charge in [-0.3, -0.25) is 10.9 Å². The van der Waals surface area contributed by atoms with E-state index in [9.17, 15) is 0 Å². The van der Waals surface area contributed by atoms with Crippen LogP contribution in [0.5, 0.6) is 0 Å². The van der Waals surface area contributed by atoms with Gasteiger partial charge in [0.1, 0.15) is 0 Å². The largest absolute Gasteiger partial charge is 0.302 e. The van der Waals surface area contributed by atoms with Gasteiger partial charge in [0.15, 0.2) is 0 Å². The number of hydrazine groups is 2. The molecule has 21 heavy (non-hydrogen) atoms. The predicted molar refractivity (Wildman–Crippen MR) is 89.1 cm³/mol. The lowest BCUT2D eigenvalue weighted by molar-refractivity contribution is 0.165. The highest BCUT2D eigenvalue weighted by molar-refractivity contribution is 5.71. The number of nitrogens with zero attached hydrogens (tertiary/aromatic N) is 2. The van der Waals surface area contributed by atoms with E-state index in [-0.39, 0.29) is 0 Å². The first-order valence-corrected chi connectivity index (χ1v) is 8.47. The number of hydrogen-bond donors (Lipinski definition) is 2. The SMILES string of the molecule is CCCCC1CCN(CCN2Nc3ccccc3N2)CC1. The second-order valence-corrected chi connectivity index (χ2v) is 6.35. The highest BCUT2D eigenvalue weighted by Gasteiger charge is 2.21. The zero-order valence-electron chi connectivity index (χ0n) is 13.1. The molecule has 2 heterocycles. The summed E-state index contributed by atoms with van der Waals surface area (Å²) in [6.07, 6.45) is 6.97. The van der Waals surface area contributed by atoms with Gasteiger partial charge in [-0.15, -0.1) is 5.12 Å². The highest BCUT2D eigenvalue weighted by atomic mass is 15.8. The molecule has 0 atom stereocenters. The van der Waals surface area contributed by atoms with Crippen molar-refractivity contribution in [1.82, 2.24) is 10.0 Å². The molecule has 4 heteroatoms. The maximum Gasteiger partial charge on any atom is 0.0753 e. The van der Waals surface area contributed by atoms with Crippen LogP contribution in [0, 0.1) is 5.92 Å². The van der Waals surface area contributed by atoms with Crippen molar-refractivity contribution in [2.24, 2.45) is 5.92 Å². The third-order valence-corrected chi connectivity index (χ3v) is 4.75. The number of benzene rings is 1. The number of hydrogen-bond acceptors (Lipinski definition) is 4. The van der Waals surface area contributed by atoms with Crippen LogP contribution in [0.1, 0.15) is 39.0 Å². The van der Waals surface area contributed by atoms with Crippen LogP contribution in [0.15, 0.2) is 24.3 Å². The molecule has 0 radical (unpaired) electrons. The highest BCUT2D eigenvalue weighted by Crippen LogP contribution is 2.27. The van der Waals surface area contributed by atoms with Crippen LogP contribution >= 0.6 is 0 Å². The van der Waals surface area contributed by atoms with Crippen LogP contribution in [-0.4, -0.2) is 36.2 Å². The Balaban J connectivity index is 1.36. The summed E-state index contributed by atoms with van der Waals surface area (Å²) in [5, 5.41) is 2.10. The third-order valence-electron chi connectivity index (χ3n) is 4.75. The average molecular weight is 288 g/mol. The van der Waals surface area contributed by atoms with Gasteiger partial charge in [-0.25, -0.2) is 0 Å². The molecule has 1 saturated heterocycles. The zero-order valence-corrected chi connectivity index (χ0v) is 13.1. The minimum atomic E-state index is 0.980. The standard InChI is InChI=1S/C17H28N4/c1-2-3-6-15-9-11-20(12-10-15)13-14-21-18-16-7-4-5-8-17(16)19-21/h4-5,7-8,15,18-19H,2-3,6,9-14H2,1H3. The lowest BCUT2D eigenvalue weighted by Crippen LogP contribution is -2.41. The van der Waals surface area contributed by atoms with Gasteiger partial charge in [0.05, 0.1) is 17.9 Å². The van der Waals surface area contributed by atoms with Crippen molar-refractivity contribution >= 4 is 11.4 Å². The Labute approximate surface area is 128 Å². The number of para-hydroxylation sites is 2. The molecule has 2 aliphatic rings. The van der Waals surface area contributed by atoms with E-state index in [1.165, 1.54) is 56.6 Å². The normalized spacial score (nSPS) is 20.0. The first-order chi connectivity index (χ1) is 10.3. The summed E-state index contributed by atoms with van der Waals surface area (Å²) in [5.74, 6) is 0.980. The Bertz CT molecular complexity index is 415. The molecule has 116 valence electrons. The Morgan fingerprint density at radius 3 is 2.33 bits per heavy atom. The molecule has 0 bridgehead atoms. The Morgan fingerprint density at radius 1 is 1.05 bits per heavy atom. The molecule has 1 aromatic carbocycles. The van der Waals surface area contributed by atoms with Crippen molar-refractivity contribution in [3.05, 3.63) is 24.3 Å². The van der Waals surface area contributed by atoms with E-state index in [1.54, 1.807) is 0 Å². The smallest absolute Gasteiger partial charge is 0.0753 e. The van der Waals surface area contributed by atoms with E-state index in [1.807, 2.05) is 0 Å². The molecule has 2 aliphatic heterocycles. The van der Waals surface area contributed by atoms with Crippen molar-refractivity contribution in [2.75, 3.05) is 37.0 Å². The quantitative estimate of drug-likeness (QED) is 0.838. The molecule has 1 aromatic rings. The monoisotopic (exact) mass is 288 g/mol. The van der Waals surface area contributed by atoms with Crippen molar-refractivity contribution in [3.63, 3.8) is 0 Å². The lowest BCUT2D eigenvalue weighted by atomic mass is 9.92. The van der Waals surface area contributed by atoms with E-state index in [4.69, 9.17) is 0 Å². The second-order valence-electron chi connectivity index (χ2n) is 6.35. The summed E-state index contributed by atoms with van der Waals surface area (Å²) in [5.41, 5.74) is 9.17. The number of rotatable bonds is 6. The molecule has 3 rings (SSSR count). The summed E-state index contributed by atoms with van der Waals surface area (Å²) >= 11 is 0. The summed E-state index contributed by atoms with van der Waals surface area (Å²) in [4.78, 5) is 2.61. The fraction of sp³-hybridized carbons (Fsp3) is 0.647. The van der Waals surface area contributed by atoms with Crippen LogP contribution < -0.4 is 10.9 Å². The number of piperidine rings is 1. The van der Waals surface area contributed by atoms with E-state index in [0.29, 0.717) is 0 Å². The van der Waals surface area contributed by atoms with E-state index < -0.39 is 0 Å². The van der Waals surface area contributed by atoms with Gasteiger partial charge in [0.2, 0.25) is 0 Å². The number of unbranched alkanes of at least 4 members (excludes halogenated alkanes) is 1. The third kappa shape index (κ3) is 3.89. The Morgan fingerprint density at radius 2 is 1.71 bits per heavy atom. The van der Waals surface area contributed by atoms with Crippen molar-refractivity contribution in [3.8, 4) is 0 Å². The fourth-order valence-corrected chi connectivity index (χ4v) is 3.34. The fourth-order valence-electron chi connectivity index (χ4n) is 3.34. The van der Waals surface area contributed by atoms with Gasteiger partial charge < -0.3 is 4.90 Å². The maximum atomic E-state index is 3.41.